The van der Waals surface area contributed by atoms with Gasteiger partial charge in [0.25, 0.3) is 0 Å². The molecule has 1 aliphatic heterocycles. The monoisotopic (exact) mass is 459 g/mol. The van der Waals surface area contributed by atoms with Gasteiger partial charge in [-0.1, -0.05) is 36.4 Å². The normalized spacial score (nSPS) is 15.8. The number of methoxy groups -OCH3 is 1. The fraction of sp³-hybridized carbons (Fsp3) is 0.259. The van der Waals surface area contributed by atoms with Gasteiger partial charge >= 0.3 is 0 Å². The number of carbonyl (C=O) groups is 1. The van der Waals surface area contributed by atoms with Crippen LogP contribution < -0.4 is 14.4 Å². The highest BCUT2D eigenvalue weighted by atomic mass is 19.1. The maximum atomic E-state index is 14.4. The number of ether oxygens (including phenoxy) is 2. The summed E-state index contributed by atoms with van der Waals surface area (Å²) in [6, 6.07) is 21.9. The first-order chi connectivity index (χ1) is 16.7. The van der Waals surface area contributed by atoms with Crippen LogP contribution in [0.5, 0.6) is 11.5 Å². The van der Waals surface area contributed by atoms with Gasteiger partial charge in [-0.05, 0) is 42.8 Å². The summed E-state index contributed by atoms with van der Waals surface area (Å²) >= 11 is 0. The zero-order valence-electron chi connectivity index (χ0n) is 19.0. The van der Waals surface area contributed by atoms with Crippen LogP contribution in [-0.2, 0) is 11.3 Å². The highest BCUT2D eigenvalue weighted by molar-refractivity contribution is 5.96. The Morgan fingerprint density at radius 3 is 2.56 bits per heavy atom. The molecule has 4 aromatic rings. The number of aromatic nitrogens is 2. The molecule has 0 radical (unpaired) electrons. The molecule has 2 heterocycles. The van der Waals surface area contributed by atoms with Crippen molar-refractivity contribution in [1.82, 2.24) is 9.55 Å². The number of imidazole rings is 1. The Labute approximate surface area is 197 Å². The van der Waals surface area contributed by atoms with Gasteiger partial charge in [-0.2, -0.15) is 0 Å². The smallest absolute Gasteiger partial charge is 0.227 e. The molecule has 0 bridgehead atoms. The molecule has 0 N–H and O–H groups in total. The Morgan fingerprint density at radius 1 is 1.00 bits per heavy atom. The molecule has 6 nitrogen and oxygen atoms in total. The summed E-state index contributed by atoms with van der Waals surface area (Å²) in [6.07, 6.45) is 1.05. The molecule has 1 fully saturated rings. The fourth-order valence-corrected chi connectivity index (χ4v) is 4.57. The zero-order chi connectivity index (χ0) is 23.5. The quantitative estimate of drug-likeness (QED) is 0.341. The van der Waals surface area contributed by atoms with Crippen LogP contribution >= 0.6 is 0 Å². The van der Waals surface area contributed by atoms with E-state index in [1.165, 1.54) is 11.0 Å². The van der Waals surface area contributed by atoms with E-state index in [1.54, 1.807) is 25.3 Å². The average molecular weight is 460 g/mol. The summed E-state index contributed by atoms with van der Waals surface area (Å²) in [6.45, 7) is 1.60. The van der Waals surface area contributed by atoms with E-state index < -0.39 is 5.82 Å². The SMILES string of the molecule is COc1ccccc1OCCCn1c(C2CC(=O)N(c3ccccc3F)C2)nc2ccccc21. The molecule has 7 heteroatoms. The molecule has 5 rings (SSSR count). The van der Waals surface area contributed by atoms with E-state index in [0.29, 0.717) is 43.3 Å². The van der Waals surface area contributed by atoms with Gasteiger partial charge in [0, 0.05) is 25.4 Å². The Morgan fingerprint density at radius 2 is 1.74 bits per heavy atom. The van der Waals surface area contributed by atoms with E-state index in [2.05, 4.69) is 4.57 Å². The van der Waals surface area contributed by atoms with Crippen molar-refractivity contribution in [3.63, 3.8) is 0 Å². The molecular weight excluding hydrogens is 433 g/mol. The van der Waals surface area contributed by atoms with E-state index in [4.69, 9.17) is 14.5 Å². The second-order valence-electron chi connectivity index (χ2n) is 8.32. The van der Waals surface area contributed by atoms with Crippen LogP contribution in [0.2, 0.25) is 0 Å². The summed E-state index contributed by atoms with van der Waals surface area (Å²) in [5, 5.41) is 0. The predicted octanol–water partition coefficient (Wildman–Crippen LogP) is 5.17. The molecule has 174 valence electrons. The van der Waals surface area contributed by atoms with Crippen LogP contribution in [-0.4, -0.2) is 35.7 Å². The van der Waals surface area contributed by atoms with Crippen molar-refractivity contribution in [2.24, 2.45) is 0 Å². The van der Waals surface area contributed by atoms with Crippen molar-refractivity contribution in [3.05, 3.63) is 84.4 Å². The molecule has 0 aliphatic carbocycles. The van der Waals surface area contributed by atoms with Crippen molar-refractivity contribution >= 4 is 22.6 Å². The van der Waals surface area contributed by atoms with Crippen LogP contribution in [0, 0.1) is 5.82 Å². The van der Waals surface area contributed by atoms with Gasteiger partial charge < -0.3 is 18.9 Å². The minimum absolute atomic E-state index is 0.0896. The molecule has 1 unspecified atom stereocenters. The van der Waals surface area contributed by atoms with Crippen LogP contribution in [0.25, 0.3) is 11.0 Å². The summed E-state index contributed by atoms with van der Waals surface area (Å²) in [4.78, 5) is 19.2. The second kappa shape index (κ2) is 9.55. The highest BCUT2D eigenvalue weighted by Crippen LogP contribution is 2.34. The molecule has 3 aromatic carbocycles. The van der Waals surface area contributed by atoms with Gasteiger partial charge in [0.1, 0.15) is 11.6 Å². The molecule has 1 aliphatic rings. The number of carbonyl (C=O) groups excluding carboxylic acids is 1. The number of para-hydroxylation sites is 5. The lowest BCUT2D eigenvalue weighted by atomic mass is 10.1. The van der Waals surface area contributed by atoms with Crippen LogP contribution in [0.15, 0.2) is 72.8 Å². The molecule has 0 spiro atoms. The van der Waals surface area contributed by atoms with Crippen molar-refractivity contribution in [1.29, 1.82) is 0 Å². The van der Waals surface area contributed by atoms with E-state index >= 15 is 0 Å². The van der Waals surface area contributed by atoms with E-state index in [1.807, 2.05) is 48.5 Å². The number of hydrogen-bond donors (Lipinski definition) is 0. The molecule has 1 amide bonds. The lowest BCUT2D eigenvalue weighted by molar-refractivity contribution is -0.117. The number of amides is 1. The molecule has 34 heavy (non-hydrogen) atoms. The van der Waals surface area contributed by atoms with Crippen molar-refractivity contribution in [3.8, 4) is 11.5 Å². The lowest BCUT2D eigenvalue weighted by Crippen LogP contribution is -2.25. The maximum absolute atomic E-state index is 14.4. The van der Waals surface area contributed by atoms with Gasteiger partial charge in [0.15, 0.2) is 11.5 Å². The van der Waals surface area contributed by atoms with Gasteiger partial charge in [-0.15, -0.1) is 0 Å². The predicted molar refractivity (Wildman–Crippen MR) is 129 cm³/mol. The summed E-state index contributed by atoms with van der Waals surface area (Å²) in [7, 11) is 1.62. The van der Waals surface area contributed by atoms with Crippen molar-refractivity contribution < 1.29 is 18.7 Å². The maximum Gasteiger partial charge on any atom is 0.227 e. The first-order valence-electron chi connectivity index (χ1n) is 11.4. The second-order valence-corrected chi connectivity index (χ2v) is 8.32. The number of nitrogens with zero attached hydrogens (tertiary/aromatic N) is 3. The molecule has 1 saturated heterocycles. The van der Waals surface area contributed by atoms with Crippen molar-refractivity contribution in [2.45, 2.75) is 25.3 Å². The number of halogens is 1. The third-order valence-electron chi connectivity index (χ3n) is 6.17. The Balaban J connectivity index is 1.35. The molecule has 0 saturated carbocycles. The summed E-state index contributed by atoms with van der Waals surface area (Å²) in [5.41, 5.74) is 2.23. The third kappa shape index (κ3) is 4.21. The van der Waals surface area contributed by atoms with Crippen LogP contribution in [0.4, 0.5) is 10.1 Å². The number of fused-ring (bicyclic) bond motifs is 1. The number of rotatable bonds is 8. The summed E-state index contributed by atoms with van der Waals surface area (Å²) < 4.78 is 27.8. The number of hydrogen-bond acceptors (Lipinski definition) is 4. The van der Waals surface area contributed by atoms with E-state index in [9.17, 15) is 9.18 Å². The van der Waals surface area contributed by atoms with Gasteiger partial charge in [-0.3, -0.25) is 4.79 Å². The standard InChI is InChI=1S/C27H26FN3O3/c1-33-24-13-6-7-14-25(24)34-16-8-15-30-23-12-5-3-10-21(23)29-27(30)19-17-26(32)31(18-19)22-11-4-2-9-20(22)28/h2-7,9-14,19H,8,15-18H2,1H3. The Hall–Kier alpha value is -3.87. The number of anilines is 1. The molecular formula is C27H26FN3O3. The fourth-order valence-electron chi connectivity index (χ4n) is 4.57. The molecule has 1 aromatic heterocycles. The summed E-state index contributed by atoms with van der Waals surface area (Å²) in [5.74, 6) is 1.67. The van der Waals surface area contributed by atoms with Crippen molar-refractivity contribution in [2.75, 3.05) is 25.2 Å². The number of aryl methyl sites for hydroxylation is 1. The minimum Gasteiger partial charge on any atom is -0.493 e. The first kappa shape index (κ1) is 21.9. The number of benzene rings is 3. The average Bonchev–Trinajstić information content (AvgIpc) is 3.43. The van der Waals surface area contributed by atoms with Crippen LogP contribution in [0.1, 0.15) is 24.6 Å². The van der Waals surface area contributed by atoms with Gasteiger partial charge in [0.05, 0.1) is 30.4 Å². The Bertz CT molecular complexity index is 1320. The zero-order valence-corrected chi connectivity index (χ0v) is 19.0. The Kier molecular flexibility index (Phi) is 6.16. The first-order valence-corrected chi connectivity index (χ1v) is 11.4. The van der Waals surface area contributed by atoms with E-state index in [0.717, 1.165) is 23.3 Å². The lowest BCUT2D eigenvalue weighted by Gasteiger charge is -2.18. The largest absolute Gasteiger partial charge is 0.493 e. The molecule has 1 atom stereocenters. The van der Waals surface area contributed by atoms with Gasteiger partial charge in [-0.25, -0.2) is 9.37 Å². The minimum atomic E-state index is -0.390. The van der Waals surface area contributed by atoms with E-state index in [-0.39, 0.29) is 11.8 Å². The van der Waals surface area contributed by atoms with Crippen LogP contribution in [0.3, 0.4) is 0 Å². The third-order valence-corrected chi connectivity index (χ3v) is 6.17. The highest BCUT2D eigenvalue weighted by Gasteiger charge is 2.35. The van der Waals surface area contributed by atoms with Gasteiger partial charge in [0.2, 0.25) is 5.91 Å². The topological polar surface area (TPSA) is 56.6 Å².